The lowest BCUT2D eigenvalue weighted by Crippen LogP contribution is -3.15. The van der Waals surface area contributed by atoms with Gasteiger partial charge in [-0.25, -0.2) is 0 Å². The Balaban J connectivity index is 1.80. The second-order valence-corrected chi connectivity index (χ2v) is 8.70. The van der Waals surface area contributed by atoms with Crippen LogP contribution in [0.15, 0.2) is 24.3 Å². The van der Waals surface area contributed by atoms with Crippen molar-refractivity contribution in [1.82, 2.24) is 5.32 Å². The van der Waals surface area contributed by atoms with Crippen molar-refractivity contribution in [2.45, 2.75) is 71.4 Å². The van der Waals surface area contributed by atoms with Crippen LogP contribution in [0, 0.1) is 18.8 Å². The van der Waals surface area contributed by atoms with E-state index >= 15 is 0 Å². The molecule has 1 aliphatic heterocycles. The lowest BCUT2D eigenvalue weighted by Gasteiger charge is -2.37. The summed E-state index contributed by atoms with van der Waals surface area (Å²) in [5.41, 5.74) is 2.43. The summed E-state index contributed by atoms with van der Waals surface area (Å²) >= 11 is 0. The number of amides is 1. The van der Waals surface area contributed by atoms with Gasteiger partial charge in [0.15, 0.2) is 6.04 Å². The van der Waals surface area contributed by atoms with Crippen LogP contribution in [0.2, 0.25) is 0 Å². The molecule has 0 spiro atoms. The SMILES string of the molecule is Cc1ccc(C(C(=O)NC2CCCCC2)[NH+]2CC(C)CC(C)C2)cc1. The number of piperidine rings is 1. The zero-order chi connectivity index (χ0) is 17.8. The fraction of sp³-hybridized carbons (Fsp3) is 0.682. The van der Waals surface area contributed by atoms with E-state index in [0.29, 0.717) is 17.9 Å². The van der Waals surface area contributed by atoms with E-state index in [1.807, 2.05) is 0 Å². The molecular weight excluding hydrogens is 308 g/mol. The van der Waals surface area contributed by atoms with Crippen LogP contribution in [-0.2, 0) is 4.79 Å². The minimum Gasteiger partial charge on any atom is -0.348 e. The van der Waals surface area contributed by atoms with Crippen molar-refractivity contribution in [3.05, 3.63) is 35.4 Å². The molecule has 0 bridgehead atoms. The lowest BCUT2D eigenvalue weighted by molar-refractivity contribution is -0.933. The summed E-state index contributed by atoms with van der Waals surface area (Å²) in [6.45, 7) is 8.97. The van der Waals surface area contributed by atoms with Gasteiger partial charge >= 0.3 is 0 Å². The maximum atomic E-state index is 13.3. The molecule has 0 radical (unpaired) electrons. The van der Waals surface area contributed by atoms with Gasteiger partial charge in [0.1, 0.15) is 0 Å². The minimum absolute atomic E-state index is 0.0623. The Bertz CT molecular complexity index is 552. The van der Waals surface area contributed by atoms with E-state index in [0.717, 1.165) is 25.9 Å². The van der Waals surface area contributed by atoms with Crippen LogP contribution in [0.4, 0.5) is 0 Å². The number of hydrogen-bond donors (Lipinski definition) is 2. The third-order valence-electron chi connectivity index (χ3n) is 6.06. The van der Waals surface area contributed by atoms with Gasteiger partial charge in [-0.1, -0.05) is 62.9 Å². The summed E-state index contributed by atoms with van der Waals surface area (Å²) in [6.07, 6.45) is 7.41. The van der Waals surface area contributed by atoms with Crippen LogP contribution in [0.25, 0.3) is 0 Å². The number of quaternary nitrogens is 1. The fourth-order valence-corrected chi connectivity index (χ4v) is 4.93. The second-order valence-electron chi connectivity index (χ2n) is 8.70. The van der Waals surface area contributed by atoms with Crippen LogP contribution < -0.4 is 10.2 Å². The highest BCUT2D eigenvalue weighted by molar-refractivity contribution is 5.82. The van der Waals surface area contributed by atoms with E-state index in [1.54, 1.807) is 0 Å². The van der Waals surface area contributed by atoms with Crippen LogP contribution >= 0.6 is 0 Å². The van der Waals surface area contributed by atoms with E-state index < -0.39 is 0 Å². The van der Waals surface area contributed by atoms with Gasteiger partial charge in [-0.2, -0.15) is 0 Å². The van der Waals surface area contributed by atoms with Crippen molar-refractivity contribution in [1.29, 1.82) is 0 Å². The van der Waals surface area contributed by atoms with Crippen LogP contribution in [0.5, 0.6) is 0 Å². The first-order valence-electron chi connectivity index (χ1n) is 10.2. The maximum absolute atomic E-state index is 13.3. The van der Waals surface area contributed by atoms with E-state index in [9.17, 15) is 4.79 Å². The first kappa shape index (κ1) is 18.4. The molecule has 1 aromatic rings. The Morgan fingerprint density at radius 2 is 1.64 bits per heavy atom. The first-order valence-corrected chi connectivity index (χ1v) is 10.2. The largest absolute Gasteiger partial charge is 0.348 e. The molecule has 0 aromatic heterocycles. The van der Waals surface area contributed by atoms with E-state index in [-0.39, 0.29) is 11.9 Å². The van der Waals surface area contributed by atoms with E-state index in [4.69, 9.17) is 0 Å². The maximum Gasteiger partial charge on any atom is 0.283 e. The number of hydrogen-bond acceptors (Lipinski definition) is 1. The van der Waals surface area contributed by atoms with Gasteiger partial charge in [0.25, 0.3) is 5.91 Å². The summed E-state index contributed by atoms with van der Waals surface area (Å²) < 4.78 is 0. The Labute approximate surface area is 153 Å². The topological polar surface area (TPSA) is 33.5 Å². The van der Waals surface area contributed by atoms with Crippen molar-refractivity contribution < 1.29 is 9.69 Å². The number of carbonyl (C=O) groups excluding carboxylic acids is 1. The molecule has 1 amide bonds. The summed E-state index contributed by atoms with van der Waals surface area (Å²) in [6, 6.07) is 8.94. The fourth-order valence-electron chi connectivity index (χ4n) is 4.93. The molecule has 1 aromatic carbocycles. The number of likely N-dealkylation sites (tertiary alicyclic amines) is 1. The third-order valence-corrected chi connectivity index (χ3v) is 6.06. The van der Waals surface area contributed by atoms with Crippen LogP contribution in [0.3, 0.4) is 0 Å². The van der Waals surface area contributed by atoms with Crippen LogP contribution in [-0.4, -0.2) is 25.0 Å². The van der Waals surface area contributed by atoms with Gasteiger partial charge in [0.2, 0.25) is 0 Å². The standard InChI is InChI=1S/C22H34N2O/c1-16-9-11-19(12-10-16)21(24-14-17(2)13-18(3)15-24)22(25)23-20-7-5-4-6-8-20/h9-12,17-18,20-21H,4-8,13-15H2,1-3H3,(H,23,25)/p+1. The van der Waals surface area contributed by atoms with Gasteiger partial charge in [-0.3, -0.25) is 4.79 Å². The number of benzene rings is 1. The highest BCUT2D eigenvalue weighted by Crippen LogP contribution is 2.20. The molecule has 3 rings (SSSR count). The van der Waals surface area contributed by atoms with Crippen molar-refractivity contribution in [3.63, 3.8) is 0 Å². The number of aryl methyl sites for hydroxylation is 1. The zero-order valence-corrected chi connectivity index (χ0v) is 16.2. The van der Waals surface area contributed by atoms with Crippen LogP contribution in [0.1, 0.15) is 69.5 Å². The molecule has 3 atom stereocenters. The Kier molecular flexibility index (Phi) is 6.16. The molecular formula is C22H35N2O+. The van der Waals surface area contributed by atoms with Gasteiger partial charge in [0.05, 0.1) is 13.1 Å². The van der Waals surface area contributed by atoms with Crippen molar-refractivity contribution >= 4 is 5.91 Å². The quantitative estimate of drug-likeness (QED) is 0.866. The predicted octanol–water partition coefficient (Wildman–Crippen LogP) is 3.05. The molecule has 1 heterocycles. The number of nitrogens with one attached hydrogen (secondary N) is 2. The molecule has 138 valence electrons. The summed E-state index contributed by atoms with van der Waals surface area (Å²) in [5, 5.41) is 3.40. The molecule has 3 heteroatoms. The molecule has 3 unspecified atom stereocenters. The molecule has 1 saturated heterocycles. The molecule has 3 nitrogen and oxygen atoms in total. The van der Waals surface area contributed by atoms with Crippen molar-refractivity contribution in [3.8, 4) is 0 Å². The Morgan fingerprint density at radius 3 is 2.24 bits per heavy atom. The zero-order valence-electron chi connectivity index (χ0n) is 16.2. The van der Waals surface area contributed by atoms with E-state index in [2.05, 4.69) is 50.4 Å². The predicted molar refractivity (Wildman–Crippen MR) is 103 cm³/mol. The minimum atomic E-state index is -0.0623. The molecule has 1 aliphatic carbocycles. The normalized spacial score (nSPS) is 29.2. The molecule has 2 aliphatic rings. The summed E-state index contributed by atoms with van der Waals surface area (Å²) in [4.78, 5) is 14.7. The van der Waals surface area contributed by atoms with Crippen molar-refractivity contribution in [2.75, 3.05) is 13.1 Å². The Hall–Kier alpha value is -1.35. The molecule has 2 N–H and O–H groups in total. The molecule has 1 saturated carbocycles. The molecule has 25 heavy (non-hydrogen) atoms. The van der Waals surface area contributed by atoms with E-state index in [1.165, 1.54) is 41.7 Å². The Morgan fingerprint density at radius 1 is 1.04 bits per heavy atom. The lowest BCUT2D eigenvalue weighted by atomic mass is 9.89. The first-order chi connectivity index (χ1) is 12.0. The van der Waals surface area contributed by atoms with Gasteiger partial charge in [-0.05, 0) is 26.2 Å². The van der Waals surface area contributed by atoms with Crippen molar-refractivity contribution in [2.24, 2.45) is 11.8 Å². The summed E-state index contributed by atoms with van der Waals surface area (Å²) in [7, 11) is 0. The average Bonchev–Trinajstić information content (AvgIpc) is 2.57. The monoisotopic (exact) mass is 343 g/mol. The van der Waals surface area contributed by atoms with Gasteiger partial charge in [-0.15, -0.1) is 0 Å². The molecule has 2 fully saturated rings. The smallest absolute Gasteiger partial charge is 0.283 e. The number of carbonyl (C=O) groups is 1. The highest BCUT2D eigenvalue weighted by atomic mass is 16.2. The average molecular weight is 344 g/mol. The third kappa shape index (κ3) is 4.84. The number of rotatable bonds is 4. The highest BCUT2D eigenvalue weighted by Gasteiger charge is 2.37. The second kappa shape index (κ2) is 8.35. The summed E-state index contributed by atoms with van der Waals surface area (Å²) in [5.74, 6) is 1.62. The van der Waals surface area contributed by atoms with Gasteiger partial charge < -0.3 is 10.2 Å². The van der Waals surface area contributed by atoms with Gasteiger partial charge in [0, 0.05) is 23.4 Å².